The summed E-state index contributed by atoms with van der Waals surface area (Å²) < 4.78 is 0. The van der Waals surface area contributed by atoms with E-state index in [0.29, 0.717) is 37.5 Å². The van der Waals surface area contributed by atoms with E-state index in [-0.39, 0.29) is 11.8 Å². The van der Waals surface area contributed by atoms with Crippen LogP contribution in [-0.4, -0.2) is 22.2 Å². The van der Waals surface area contributed by atoms with Gasteiger partial charge >= 0.3 is 11.9 Å². The fourth-order valence-corrected chi connectivity index (χ4v) is 3.25. The van der Waals surface area contributed by atoms with E-state index in [1.165, 1.54) is 0 Å². The number of fused-ring (bicyclic) bond motifs is 2. The maximum Gasteiger partial charge on any atom is 0.306 e. The van der Waals surface area contributed by atoms with Gasteiger partial charge in [-0.2, -0.15) is 0 Å². The molecule has 0 aromatic carbocycles. The van der Waals surface area contributed by atoms with E-state index in [9.17, 15) is 9.59 Å². The Kier molecular flexibility index (Phi) is 2.67. The van der Waals surface area contributed by atoms with Crippen molar-refractivity contribution in [1.82, 2.24) is 0 Å². The van der Waals surface area contributed by atoms with Crippen LogP contribution in [0.2, 0.25) is 0 Å². The predicted molar refractivity (Wildman–Crippen MR) is 52.3 cm³/mol. The second-order valence-electron chi connectivity index (χ2n) is 4.98. The third-order valence-electron chi connectivity index (χ3n) is 3.84. The predicted octanol–water partition coefficient (Wildman–Crippen LogP) is 1.60. The molecule has 0 amide bonds. The maximum atomic E-state index is 10.9. The van der Waals surface area contributed by atoms with E-state index >= 15 is 0 Å². The van der Waals surface area contributed by atoms with Crippen molar-refractivity contribution in [2.45, 2.75) is 32.1 Å². The van der Waals surface area contributed by atoms with Gasteiger partial charge in [-0.05, 0) is 43.9 Å². The number of carboxylic acids is 2. The van der Waals surface area contributed by atoms with Crippen LogP contribution < -0.4 is 0 Å². The van der Waals surface area contributed by atoms with Crippen molar-refractivity contribution in [2.24, 2.45) is 23.7 Å². The third kappa shape index (κ3) is 2.13. The summed E-state index contributed by atoms with van der Waals surface area (Å²) in [5.74, 6) is -1.25. The SMILES string of the molecule is O=C(O)C1CC2CC(C1)CC(C(=O)O)C2. The molecule has 15 heavy (non-hydrogen) atoms. The van der Waals surface area contributed by atoms with E-state index < -0.39 is 11.9 Å². The first-order valence-corrected chi connectivity index (χ1v) is 5.52. The Morgan fingerprint density at radius 3 is 1.33 bits per heavy atom. The molecule has 0 aromatic heterocycles. The van der Waals surface area contributed by atoms with Gasteiger partial charge < -0.3 is 10.2 Å². The zero-order valence-electron chi connectivity index (χ0n) is 8.56. The Bertz CT molecular complexity index is 246. The lowest BCUT2D eigenvalue weighted by molar-refractivity contribution is -0.147. The summed E-state index contributed by atoms with van der Waals surface area (Å²) in [5.41, 5.74) is 0. The van der Waals surface area contributed by atoms with Crippen LogP contribution in [0.25, 0.3) is 0 Å². The molecule has 0 heterocycles. The van der Waals surface area contributed by atoms with Crippen LogP contribution in [0.5, 0.6) is 0 Å². The minimum atomic E-state index is -0.710. The second kappa shape index (κ2) is 3.83. The van der Waals surface area contributed by atoms with Gasteiger partial charge in [0.25, 0.3) is 0 Å². The van der Waals surface area contributed by atoms with Crippen molar-refractivity contribution in [1.29, 1.82) is 0 Å². The Morgan fingerprint density at radius 1 is 0.733 bits per heavy atom. The van der Waals surface area contributed by atoms with Gasteiger partial charge in [0, 0.05) is 0 Å². The number of hydrogen-bond acceptors (Lipinski definition) is 2. The molecule has 0 saturated heterocycles. The van der Waals surface area contributed by atoms with Crippen LogP contribution in [0.15, 0.2) is 0 Å². The highest BCUT2D eigenvalue weighted by molar-refractivity contribution is 5.71. The molecule has 4 heteroatoms. The van der Waals surface area contributed by atoms with E-state index in [2.05, 4.69) is 0 Å². The van der Waals surface area contributed by atoms with E-state index in [0.717, 1.165) is 6.42 Å². The lowest BCUT2D eigenvalue weighted by Gasteiger charge is -2.39. The fraction of sp³-hybridized carbons (Fsp3) is 0.818. The van der Waals surface area contributed by atoms with Crippen LogP contribution in [0.3, 0.4) is 0 Å². The largest absolute Gasteiger partial charge is 0.481 e. The third-order valence-corrected chi connectivity index (χ3v) is 3.84. The van der Waals surface area contributed by atoms with Gasteiger partial charge in [-0.25, -0.2) is 0 Å². The van der Waals surface area contributed by atoms with E-state index in [1.807, 2.05) is 0 Å². The Hall–Kier alpha value is -1.06. The molecule has 2 N–H and O–H groups in total. The molecule has 2 rings (SSSR count). The molecule has 2 aliphatic rings. The summed E-state index contributed by atoms with van der Waals surface area (Å²) in [7, 11) is 0. The van der Waals surface area contributed by atoms with Crippen molar-refractivity contribution in [2.75, 3.05) is 0 Å². The zero-order chi connectivity index (χ0) is 11.0. The van der Waals surface area contributed by atoms with E-state index in [1.54, 1.807) is 0 Å². The molecule has 0 aromatic rings. The minimum Gasteiger partial charge on any atom is -0.481 e. The maximum absolute atomic E-state index is 10.9. The summed E-state index contributed by atoms with van der Waals surface area (Å²) in [6.45, 7) is 0. The molecule has 84 valence electrons. The lowest BCUT2D eigenvalue weighted by Crippen LogP contribution is -2.36. The lowest BCUT2D eigenvalue weighted by atomic mass is 9.65. The van der Waals surface area contributed by atoms with Crippen molar-refractivity contribution < 1.29 is 19.8 Å². The second-order valence-corrected chi connectivity index (χ2v) is 4.98. The van der Waals surface area contributed by atoms with Gasteiger partial charge in [-0.1, -0.05) is 0 Å². The standard InChI is InChI=1S/C11H16O4/c12-10(13)8-2-6-1-7(4-8)5-9(3-6)11(14)15/h6-9H,1-5H2,(H,12,13)(H,14,15). The molecule has 2 aliphatic carbocycles. The van der Waals surface area contributed by atoms with Gasteiger partial charge in [0.1, 0.15) is 0 Å². The van der Waals surface area contributed by atoms with Gasteiger partial charge in [-0.3, -0.25) is 9.59 Å². The van der Waals surface area contributed by atoms with Crippen LogP contribution >= 0.6 is 0 Å². The van der Waals surface area contributed by atoms with Crippen molar-refractivity contribution in [3.8, 4) is 0 Å². The van der Waals surface area contributed by atoms with Gasteiger partial charge in [0.15, 0.2) is 0 Å². The Balaban J connectivity index is 2.02. The summed E-state index contributed by atoms with van der Waals surface area (Å²) in [4.78, 5) is 21.8. The number of rotatable bonds is 2. The van der Waals surface area contributed by atoms with E-state index in [4.69, 9.17) is 10.2 Å². The average Bonchev–Trinajstić information content (AvgIpc) is 2.15. The molecule has 0 aliphatic heterocycles. The monoisotopic (exact) mass is 212 g/mol. The summed E-state index contributed by atoms with van der Waals surface area (Å²) in [6, 6.07) is 0. The average molecular weight is 212 g/mol. The molecule has 2 bridgehead atoms. The van der Waals surface area contributed by atoms with Gasteiger partial charge in [-0.15, -0.1) is 0 Å². The molecule has 4 nitrogen and oxygen atoms in total. The molecular formula is C11H16O4. The van der Waals surface area contributed by atoms with Crippen LogP contribution in [-0.2, 0) is 9.59 Å². The number of carboxylic acid groups (broad SMARTS) is 2. The highest BCUT2D eigenvalue weighted by Crippen LogP contribution is 2.44. The highest BCUT2D eigenvalue weighted by atomic mass is 16.4. The Morgan fingerprint density at radius 2 is 1.07 bits per heavy atom. The van der Waals surface area contributed by atoms with Crippen LogP contribution in [0.1, 0.15) is 32.1 Å². The summed E-state index contributed by atoms with van der Waals surface area (Å²) in [6.07, 6.45) is 3.74. The first-order chi connectivity index (χ1) is 7.06. The zero-order valence-corrected chi connectivity index (χ0v) is 8.56. The molecule has 0 spiro atoms. The van der Waals surface area contributed by atoms with Crippen LogP contribution in [0.4, 0.5) is 0 Å². The summed E-state index contributed by atoms with van der Waals surface area (Å²) >= 11 is 0. The molecule has 2 saturated carbocycles. The number of carbonyl (C=O) groups is 2. The number of hydrogen-bond donors (Lipinski definition) is 2. The van der Waals surface area contributed by atoms with Crippen molar-refractivity contribution in [3.05, 3.63) is 0 Å². The summed E-state index contributed by atoms with van der Waals surface area (Å²) in [5, 5.41) is 17.9. The van der Waals surface area contributed by atoms with Gasteiger partial charge in [0.2, 0.25) is 0 Å². The van der Waals surface area contributed by atoms with Crippen LogP contribution in [0, 0.1) is 23.7 Å². The topological polar surface area (TPSA) is 74.6 Å². The molecule has 0 radical (unpaired) electrons. The molecular weight excluding hydrogens is 196 g/mol. The van der Waals surface area contributed by atoms with Crippen molar-refractivity contribution in [3.63, 3.8) is 0 Å². The number of aliphatic carboxylic acids is 2. The highest BCUT2D eigenvalue weighted by Gasteiger charge is 2.40. The molecule has 0 unspecified atom stereocenters. The Labute approximate surface area is 88.3 Å². The first kappa shape index (κ1) is 10.5. The normalized spacial score (nSPS) is 39.7. The first-order valence-electron chi connectivity index (χ1n) is 5.52. The fourth-order valence-electron chi connectivity index (χ4n) is 3.25. The quantitative estimate of drug-likeness (QED) is 0.729. The minimum absolute atomic E-state index is 0.233. The molecule has 0 atom stereocenters. The van der Waals surface area contributed by atoms with Crippen molar-refractivity contribution >= 4 is 11.9 Å². The van der Waals surface area contributed by atoms with Gasteiger partial charge in [0.05, 0.1) is 11.8 Å². The smallest absolute Gasteiger partial charge is 0.306 e. The molecule has 2 fully saturated rings.